The van der Waals surface area contributed by atoms with E-state index in [1.807, 2.05) is 0 Å². The molecule has 1 aliphatic rings. The minimum absolute atomic E-state index is 0.221. The molecular formula is C9H16N2O3. The normalized spacial score (nSPS) is 20.7. The summed E-state index contributed by atoms with van der Waals surface area (Å²) in [6.45, 7) is 1.74. The van der Waals surface area contributed by atoms with Crippen LogP contribution in [0.25, 0.3) is 0 Å². The molecule has 0 bridgehead atoms. The Kier molecular flexibility index (Phi) is 3.10. The number of carbonyl (C=O) groups excluding carboxylic acids is 1. The molecule has 14 heavy (non-hydrogen) atoms. The van der Waals surface area contributed by atoms with E-state index in [-0.39, 0.29) is 5.91 Å². The Hall–Kier alpha value is -1.10. The molecule has 5 nitrogen and oxygen atoms in total. The van der Waals surface area contributed by atoms with Crippen LogP contribution in [0.15, 0.2) is 0 Å². The van der Waals surface area contributed by atoms with Crippen LogP contribution in [0.2, 0.25) is 0 Å². The Labute approximate surface area is 82.7 Å². The first kappa shape index (κ1) is 11.0. The first-order valence-corrected chi connectivity index (χ1v) is 4.76. The average molecular weight is 200 g/mol. The highest BCUT2D eigenvalue weighted by Crippen LogP contribution is 2.40. The quantitative estimate of drug-likeness (QED) is 0.581. The summed E-state index contributed by atoms with van der Waals surface area (Å²) >= 11 is 0. The maximum Gasteiger partial charge on any atom is 0.325 e. The summed E-state index contributed by atoms with van der Waals surface area (Å²) in [5, 5.41) is 11.1. The fourth-order valence-corrected chi connectivity index (χ4v) is 1.54. The van der Waals surface area contributed by atoms with Gasteiger partial charge in [0.15, 0.2) is 0 Å². The zero-order valence-corrected chi connectivity index (χ0v) is 8.25. The second kappa shape index (κ2) is 3.96. The predicted molar refractivity (Wildman–Crippen MR) is 50.6 cm³/mol. The van der Waals surface area contributed by atoms with Crippen LogP contribution in [0, 0.1) is 5.41 Å². The largest absolute Gasteiger partial charge is 0.480 e. The van der Waals surface area contributed by atoms with Crippen molar-refractivity contribution in [3.05, 3.63) is 0 Å². The highest BCUT2D eigenvalue weighted by atomic mass is 16.4. The van der Waals surface area contributed by atoms with Crippen LogP contribution in [0.1, 0.15) is 26.2 Å². The summed E-state index contributed by atoms with van der Waals surface area (Å²) < 4.78 is 0. The summed E-state index contributed by atoms with van der Waals surface area (Å²) in [5.41, 5.74) is 5.02. The van der Waals surface area contributed by atoms with Gasteiger partial charge in [-0.2, -0.15) is 0 Å². The van der Waals surface area contributed by atoms with Gasteiger partial charge in [0.1, 0.15) is 6.04 Å². The molecule has 0 aromatic heterocycles. The van der Waals surface area contributed by atoms with Crippen molar-refractivity contribution in [1.82, 2.24) is 5.32 Å². The number of hydrogen-bond acceptors (Lipinski definition) is 3. The fraction of sp³-hybridized carbons (Fsp3) is 0.778. The average Bonchev–Trinajstić information content (AvgIpc) is 2.02. The molecule has 5 heteroatoms. The molecule has 80 valence electrons. The highest BCUT2D eigenvalue weighted by Gasteiger charge is 2.43. The summed E-state index contributed by atoms with van der Waals surface area (Å²) in [6, 6.07) is -0.841. The maximum atomic E-state index is 11.6. The summed E-state index contributed by atoms with van der Waals surface area (Å²) in [5.74, 6) is -1.24. The predicted octanol–water partition coefficient (Wildman–Crippen LogP) is -0.295. The van der Waals surface area contributed by atoms with Crippen LogP contribution in [0.3, 0.4) is 0 Å². The van der Waals surface area contributed by atoms with Gasteiger partial charge in [0.05, 0.1) is 5.41 Å². The van der Waals surface area contributed by atoms with Gasteiger partial charge in [-0.1, -0.05) is 6.42 Å². The first-order valence-electron chi connectivity index (χ1n) is 4.76. The van der Waals surface area contributed by atoms with E-state index >= 15 is 0 Å². The number of rotatable bonds is 4. The summed E-state index contributed by atoms with van der Waals surface area (Å²) in [7, 11) is 0. The Morgan fingerprint density at radius 2 is 2.14 bits per heavy atom. The first-order chi connectivity index (χ1) is 6.52. The fourth-order valence-electron chi connectivity index (χ4n) is 1.54. The van der Waals surface area contributed by atoms with E-state index < -0.39 is 17.4 Å². The molecule has 1 amide bonds. The summed E-state index contributed by atoms with van der Waals surface area (Å²) in [4.78, 5) is 22.1. The second-order valence-corrected chi connectivity index (χ2v) is 3.87. The molecule has 0 heterocycles. The van der Waals surface area contributed by atoms with Crippen molar-refractivity contribution < 1.29 is 14.7 Å². The lowest BCUT2D eigenvalue weighted by Gasteiger charge is -2.39. The molecule has 1 atom stereocenters. The molecule has 0 aromatic rings. The molecule has 0 radical (unpaired) electrons. The lowest BCUT2D eigenvalue weighted by atomic mass is 9.68. The van der Waals surface area contributed by atoms with Gasteiger partial charge in [-0.15, -0.1) is 0 Å². The molecule has 0 spiro atoms. The van der Waals surface area contributed by atoms with E-state index in [1.54, 1.807) is 0 Å². The third kappa shape index (κ3) is 1.87. The number of nitrogens with one attached hydrogen (secondary N) is 1. The number of carboxylic acids is 1. The zero-order valence-electron chi connectivity index (χ0n) is 8.25. The Morgan fingerprint density at radius 1 is 1.57 bits per heavy atom. The Morgan fingerprint density at radius 3 is 2.43 bits per heavy atom. The van der Waals surface area contributed by atoms with E-state index in [0.29, 0.717) is 6.54 Å². The topological polar surface area (TPSA) is 92.4 Å². The van der Waals surface area contributed by atoms with Crippen LogP contribution < -0.4 is 11.1 Å². The molecule has 0 aliphatic heterocycles. The van der Waals surface area contributed by atoms with E-state index in [2.05, 4.69) is 5.32 Å². The van der Waals surface area contributed by atoms with Crippen LogP contribution in [0.4, 0.5) is 0 Å². The second-order valence-electron chi connectivity index (χ2n) is 3.87. The van der Waals surface area contributed by atoms with Gasteiger partial charge in [0.25, 0.3) is 0 Å². The van der Waals surface area contributed by atoms with Gasteiger partial charge >= 0.3 is 5.97 Å². The van der Waals surface area contributed by atoms with Gasteiger partial charge in [0.2, 0.25) is 5.91 Å². The number of carboxylic acid groups (broad SMARTS) is 1. The van der Waals surface area contributed by atoms with E-state index in [9.17, 15) is 9.59 Å². The molecule has 0 aromatic carbocycles. The van der Waals surface area contributed by atoms with E-state index in [0.717, 1.165) is 19.3 Å². The van der Waals surface area contributed by atoms with Crippen molar-refractivity contribution >= 4 is 11.9 Å². The van der Waals surface area contributed by atoms with Crippen molar-refractivity contribution in [2.45, 2.75) is 32.2 Å². The number of hydrogen-bond donors (Lipinski definition) is 3. The highest BCUT2D eigenvalue weighted by molar-refractivity contribution is 5.88. The third-order valence-corrected chi connectivity index (χ3v) is 2.90. The van der Waals surface area contributed by atoms with Gasteiger partial charge < -0.3 is 16.2 Å². The Bertz CT molecular complexity index is 243. The van der Waals surface area contributed by atoms with Gasteiger partial charge in [-0.05, 0) is 19.8 Å². The van der Waals surface area contributed by atoms with Crippen LogP contribution in [-0.2, 0) is 9.59 Å². The standard InChI is InChI=1S/C9H16N2O3/c1-6(7(12)13)11-8(14)9(5-10)3-2-4-9/h6H,2-5,10H2,1H3,(H,11,14)(H,12,13). The van der Waals surface area contributed by atoms with Gasteiger partial charge in [0, 0.05) is 6.54 Å². The Balaban J connectivity index is 2.53. The lowest BCUT2D eigenvalue weighted by molar-refractivity contribution is -0.145. The number of aliphatic carboxylic acids is 1. The number of nitrogens with two attached hydrogens (primary N) is 1. The molecule has 1 aliphatic carbocycles. The monoisotopic (exact) mass is 200 g/mol. The van der Waals surface area contributed by atoms with Crippen LogP contribution in [0.5, 0.6) is 0 Å². The van der Waals surface area contributed by atoms with Crippen molar-refractivity contribution in [3.63, 3.8) is 0 Å². The minimum Gasteiger partial charge on any atom is -0.480 e. The van der Waals surface area contributed by atoms with Gasteiger partial charge in [-0.3, -0.25) is 9.59 Å². The number of amides is 1. The SMILES string of the molecule is CC(NC(=O)C1(CN)CCC1)C(=O)O. The van der Waals surface area contributed by atoms with Gasteiger partial charge in [-0.25, -0.2) is 0 Å². The minimum atomic E-state index is -1.02. The molecule has 0 saturated heterocycles. The van der Waals surface area contributed by atoms with Crippen LogP contribution >= 0.6 is 0 Å². The maximum absolute atomic E-state index is 11.6. The number of carbonyl (C=O) groups is 2. The van der Waals surface area contributed by atoms with Crippen molar-refractivity contribution in [2.24, 2.45) is 11.1 Å². The lowest BCUT2D eigenvalue weighted by Crippen LogP contribution is -2.53. The molecule has 1 rings (SSSR count). The molecule has 4 N–H and O–H groups in total. The van der Waals surface area contributed by atoms with Crippen LogP contribution in [-0.4, -0.2) is 29.6 Å². The smallest absolute Gasteiger partial charge is 0.325 e. The van der Waals surface area contributed by atoms with E-state index in [4.69, 9.17) is 10.8 Å². The van der Waals surface area contributed by atoms with Crippen molar-refractivity contribution in [2.75, 3.05) is 6.54 Å². The van der Waals surface area contributed by atoms with E-state index in [1.165, 1.54) is 6.92 Å². The molecule has 1 unspecified atom stereocenters. The zero-order chi connectivity index (χ0) is 10.8. The van der Waals surface area contributed by atoms with Crippen molar-refractivity contribution in [1.29, 1.82) is 0 Å². The van der Waals surface area contributed by atoms with Crippen molar-refractivity contribution in [3.8, 4) is 0 Å². The summed E-state index contributed by atoms with van der Waals surface area (Å²) in [6.07, 6.45) is 2.52. The molecular weight excluding hydrogens is 184 g/mol. The third-order valence-electron chi connectivity index (χ3n) is 2.90. The molecule has 1 saturated carbocycles. The molecule has 1 fully saturated rings.